The summed E-state index contributed by atoms with van der Waals surface area (Å²) >= 11 is 0. The number of benzene rings is 1. The van der Waals surface area contributed by atoms with Gasteiger partial charge in [-0.3, -0.25) is 0 Å². The molecule has 7 heteroatoms. The van der Waals surface area contributed by atoms with E-state index in [1.807, 2.05) is 37.3 Å². The van der Waals surface area contributed by atoms with Crippen molar-refractivity contribution < 1.29 is 9.26 Å². The van der Waals surface area contributed by atoms with E-state index in [2.05, 4.69) is 25.8 Å². The molecule has 1 aromatic heterocycles. The maximum absolute atomic E-state index is 5.65. The van der Waals surface area contributed by atoms with Crippen molar-refractivity contribution in [3.63, 3.8) is 0 Å². The number of aromatic nitrogens is 2. The summed E-state index contributed by atoms with van der Waals surface area (Å²) in [6.07, 6.45) is 0.874. The van der Waals surface area contributed by atoms with Gasteiger partial charge in [0.15, 0.2) is 11.8 Å². The summed E-state index contributed by atoms with van der Waals surface area (Å²) in [7, 11) is 0. The van der Waals surface area contributed by atoms with Crippen molar-refractivity contribution in [2.24, 2.45) is 4.99 Å². The van der Waals surface area contributed by atoms with Crippen LogP contribution in [0.3, 0.4) is 0 Å². The van der Waals surface area contributed by atoms with Gasteiger partial charge in [-0.05, 0) is 32.4 Å². The standard InChI is InChI=1S/C16H23N5O2/c1-3-17-16(19-12-15-20-13(2)21-23-15)18-10-7-11-22-14-8-5-4-6-9-14/h4-6,8-9H,3,7,10-12H2,1-2H3,(H2,17,18,19). The molecule has 23 heavy (non-hydrogen) atoms. The lowest BCUT2D eigenvalue weighted by atomic mass is 10.3. The van der Waals surface area contributed by atoms with E-state index in [4.69, 9.17) is 9.26 Å². The highest BCUT2D eigenvalue weighted by Crippen LogP contribution is 2.08. The van der Waals surface area contributed by atoms with Crippen LogP contribution < -0.4 is 15.4 Å². The van der Waals surface area contributed by atoms with Crippen LogP contribution in [0.4, 0.5) is 0 Å². The Morgan fingerprint density at radius 3 is 2.78 bits per heavy atom. The molecule has 0 amide bonds. The Kier molecular flexibility index (Phi) is 6.90. The molecule has 7 nitrogen and oxygen atoms in total. The molecule has 1 heterocycles. The zero-order valence-electron chi connectivity index (χ0n) is 13.6. The topological polar surface area (TPSA) is 84.6 Å². The van der Waals surface area contributed by atoms with Gasteiger partial charge in [0.2, 0.25) is 5.89 Å². The molecular formula is C16H23N5O2. The van der Waals surface area contributed by atoms with Gasteiger partial charge in [-0.2, -0.15) is 4.98 Å². The predicted octanol–water partition coefficient (Wildman–Crippen LogP) is 1.90. The molecule has 0 aliphatic heterocycles. The van der Waals surface area contributed by atoms with Crippen LogP contribution in [-0.2, 0) is 6.54 Å². The van der Waals surface area contributed by atoms with Crippen LogP contribution in [0, 0.1) is 6.92 Å². The fourth-order valence-electron chi connectivity index (χ4n) is 1.88. The Balaban J connectivity index is 1.69. The summed E-state index contributed by atoms with van der Waals surface area (Å²) in [5, 5.41) is 10.2. The third-order valence-electron chi connectivity index (χ3n) is 2.91. The van der Waals surface area contributed by atoms with E-state index in [1.54, 1.807) is 6.92 Å². The third kappa shape index (κ3) is 6.37. The monoisotopic (exact) mass is 317 g/mol. The minimum Gasteiger partial charge on any atom is -0.494 e. The van der Waals surface area contributed by atoms with Crippen molar-refractivity contribution >= 4 is 5.96 Å². The number of aliphatic imine (C=N–C) groups is 1. The van der Waals surface area contributed by atoms with Crippen LogP contribution in [-0.4, -0.2) is 35.8 Å². The van der Waals surface area contributed by atoms with Gasteiger partial charge in [0.25, 0.3) is 0 Å². The van der Waals surface area contributed by atoms with Crippen molar-refractivity contribution in [2.75, 3.05) is 19.7 Å². The van der Waals surface area contributed by atoms with Crippen molar-refractivity contribution in [2.45, 2.75) is 26.8 Å². The summed E-state index contributed by atoms with van der Waals surface area (Å²) in [4.78, 5) is 8.54. The number of rotatable bonds is 8. The fourth-order valence-corrected chi connectivity index (χ4v) is 1.88. The Labute approximate surface area is 136 Å². The van der Waals surface area contributed by atoms with Crippen LogP contribution in [0.5, 0.6) is 5.75 Å². The third-order valence-corrected chi connectivity index (χ3v) is 2.91. The number of para-hydroxylation sites is 1. The molecule has 0 radical (unpaired) electrons. The smallest absolute Gasteiger partial charge is 0.248 e. The van der Waals surface area contributed by atoms with Crippen molar-refractivity contribution in [1.29, 1.82) is 0 Å². The van der Waals surface area contributed by atoms with E-state index < -0.39 is 0 Å². The van der Waals surface area contributed by atoms with Crippen LogP contribution in [0.15, 0.2) is 39.8 Å². The van der Waals surface area contributed by atoms with Crippen molar-refractivity contribution in [1.82, 2.24) is 20.8 Å². The van der Waals surface area contributed by atoms with Crippen LogP contribution in [0.1, 0.15) is 25.1 Å². The molecule has 2 rings (SSSR count). The van der Waals surface area contributed by atoms with Crippen molar-refractivity contribution in [3.8, 4) is 5.75 Å². The summed E-state index contributed by atoms with van der Waals surface area (Å²) in [5.41, 5.74) is 0. The maximum atomic E-state index is 5.65. The lowest BCUT2D eigenvalue weighted by Gasteiger charge is -2.11. The zero-order chi connectivity index (χ0) is 16.3. The molecule has 0 spiro atoms. The molecule has 0 aliphatic rings. The maximum Gasteiger partial charge on any atom is 0.248 e. The first-order chi connectivity index (χ1) is 11.3. The molecule has 0 atom stereocenters. The van der Waals surface area contributed by atoms with Gasteiger partial charge in [-0.15, -0.1) is 0 Å². The van der Waals surface area contributed by atoms with Crippen LogP contribution >= 0.6 is 0 Å². The Morgan fingerprint density at radius 2 is 2.09 bits per heavy atom. The van der Waals surface area contributed by atoms with E-state index in [-0.39, 0.29) is 0 Å². The Morgan fingerprint density at radius 1 is 1.26 bits per heavy atom. The fraction of sp³-hybridized carbons (Fsp3) is 0.438. The number of ether oxygens (including phenoxy) is 1. The van der Waals surface area contributed by atoms with Crippen LogP contribution in [0.25, 0.3) is 0 Å². The summed E-state index contributed by atoms with van der Waals surface area (Å²) < 4.78 is 10.7. The number of hydrogen-bond acceptors (Lipinski definition) is 5. The van der Waals surface area contributed by atoms with Gasteiger partial charge in [0, 0.05) is 13.1 Å². The highest BCUT2D eigenvalue weighted by molar-refractivity contribution is 5.79. The Hall–Kier alpha value is -2.57. The van der Waals surface area contributed by atoms with Gasteiger partial charge in [-0.25, -0.2) is 4.99 Å². The van der Waals surface area contributed by atoms with Gasteiger partial charge < -0.3 is 19.9 Å². The highest BCUT2D eigenvalue weighted by Gasteiger charge is 2.02. The number of aryl methyl sites for hydroxylation is 1. The largest absolute Gasteiger partial charge is 0.494 e. The summed E-state index contributed by atoms with van der Waals surface area (Å²) in [6, 6.07) is 9.79. The molecule has 124 valence electrons. The normalized spacial score (nSPS) is 11.3. The van der Waals surface area contributed by atoms with E-state index in [1.165, 1.54) is 0 Å². The second kappa shape index (κ2) is 9.45. The second-order valence-corrected chi connectivity index (χ2v) is 4.87. The predicted molar refractivity (Wildman–Crippen MR) is 88.4 cm³/mol. The van der Waals surface area contributed by atoms with E-state index in [0.29, 0.717) is 24.9 Å². The Bertz CT molecular complexity index is 598. The quantitative estimate of drug-likeness (QED) is 0.439. The minimum atomic E-state index is 0.358. The van der Waals surface area contributed by atoms with E-state index in [0.717, 1.165) is 31.2 Å². The first-order valence-corrected chi connectivity index (χ1v) is 7.77. The molecule has 0 aliphatic carbocycles. The molecule has 0 unspecified atom stereocenters. The molecular weight excluding hydrogens is 294 g/mol. The van der Waals surface area contributed by atoms with Gasteiger partial charge >= 0.3 is 0 Å². The molecule has 2 aromatic rings. The summed E-state index contributed by atoms with van der Waals surface area (Å²) in [5.74, 6) is 2.74. The van der Waals surface area contributed by atoms with E-state index >= 15 is 0 Å². The van der Waals surface area contributed by atoms with Gasteiger partial charge in [-0.1, -0.05) is 23.4 Å². The van der Waals surface area contributed by atoms with Crippen molar-refractivity contribution in [3.05, 3.63) is 42.0 Å². The average Bonchev–Trinajstić information content (AvgIpc) is 2.98. The molecule has 2 N–H and O–H groups in total. The average molecular weight is 317 g/mol. The van der Waals surface area contributed by atoms with Gasteiger partial charge in [0.1, 0.15) is 12.3 Å². The van der Waals surface area contributed by atoms with Gasteiger partial charge in [0.05, 0.1) is 6.61 Å². The number of hydrogen-bond donors (Lipinski definition) is 2. The number of nitrogens with zero attached hydrogens (tertiary/aromatic N) is 3. The highest BCUT2D eigenvalue weighted by atomic mass is 16.5. The minimum absolute atomic E-state index is 0.358. The first kappa shape index (κ1) is 16.8. The number of guanidine groups is 1. The first-order valence-electron chi connectivity index (χ1n) is 7.77. The SMILES string of the molecule is CCNC(=NCc1nc(C)no1)NCCCOc1ccccc1. The second-order valence-electron chi connectivity index (χ2n) is 4.87. The molecule has 0 saturated heterocycles. The van der Waals surface area contributed by atoms with E-state index in [9.17, 15) is 0 Å². The molecule has 0 saturated carbocycles. The number of nitrogens with one attached hydrogen (secondary N) is 2. The molecule has 0 bridgehead atoms. The summed E-state index contributed by atoms with van der Waals surface area (Å²) in [6.45, 7) is 6.37. The molecule has 1 aromatic carbocycles. The lowest BCUT2D eigenvalue weighted by Crippen LogP contribution is -2.38. The zero-order valence-corrected chi connectivity index (χ0v) is 13.6. The molecule has 0 fully saturated rings. The van der Waals surface area contributed by atoms with Crippen LogP contribution in [0.2, 0.25) is 0 Å². The lowest BCUT2D eigenvalue weighted by molar-refractivity contribution is 0.311.